The van der Waals surface area contributed by atoms with E-state index in [0.717, 1.165) is 44.6 Å². The van der Waals surface area contributed by atoms with Crippen molar-refractivity contribution in [1.82, 2.24) is 20.2 Å². The molecule has 3 heterocycles. The summed E-state index contributed by atoms with van der Waals surface area (Å²) < 4.78 is 0. The molecule has 2 aromatic rings. The lowest BCUT2D eigenvalue weighted by Gasteiger charge is -2.24. The minimum Gasteiger partial charge on any atom is -0.356 e. The van der Waals surface area contributed by atoms with E-state index in [0.29, 0.717) is 12.1 Å². The third-order valence-electron chi connectivity index (χ3n) is 5.65. The van der Waals surface area contributed by atoms with E-state index in [2.05, 4.69) is 50.5 Å². The Morgan fingerprint density at radius 3 is 3.00 bits per heavy atom. The lowest BCUT2D eigenvalue weighted by atomic mass is 9.93. The van der Waals surface area contributed by atoms with Gasteiger partial charge in [0.15, 0.2) is 0 Å². The van der Waals surface area contributed by atoms with Crippen molar-refractivity contribution in [1.29, 1.82) is 0 Å². The molecule has 25 heavy (non-hydrogen) atoms. The van der Waals surface area contributed by atoms with E-state index in [4.69, 9.17) is 0 Å². The first-order valence-electron chi connectivity index (χ1n) is 9.39. The number of carbonyl (C=O) groups excluding carboxylic acids is 1. The fraction of sp³-hybridized carbons (Fsp3) is 0.500. The summed E-state index contributed by atoms with van der Waals surface area (Å²) in [6.45, 7) is 1.84. The molecular formula is C20H26N4O. The third kappa shape index (κ3) is 3.47. The van der Waals surface area contributed by atoms with Gasteiger partial charge >= 0.3 is 0 Å². The Labute approximate surface area is 148 Å². The van der Waals surface area contributed by atoms with Crippen molar-refractivity contribution in [2.45, 2.75) is 44.2 Å². The largest absolute Gasteiger partial charge is 0.356 e. The molecule has 3 atom stereocenters. The third-order valence-corrected chi connectivity index (χ3v) is 5.65. The van der Waals surface area contributed by atoms with Crippen LogP contribution in [-0.2, 0) is 11.2 Å². The average Bonchev–Trinajstić information content (AvgIpc) is 3.36. The first kappa shape index (κ1) is 16.3. The van der Waals surface area contributed by atoms with Crippen LogP contribution >= 0.6 is 0 Å². The standard InChI is InChI=1S/C20H26N4O/c25-20(23-10-4-9-19-21-11-12-22-19)16-14-18(15-6-2-1-3-7-15)24-13-5-8-17(16)24/h1-3,6-7,11-12,16-18H,4-5,8-10,13-14H2,(H,21,22)(H,23,25)/t16-,17+,18-/m1/s1. The van der Waals surface area contributed by atoms with Crippen molar-refractivity contribution in [3.63, 3.8) is 0 Å². The van der Waals surface area contributed by atoms with Crippen LogP contribution in [0.3, 0.4) is 0 Å². The summed E-state index contributed by atoms with van der Waals surface area (Å²) in [4.78, 5) is 22.6. The molecule has 2 saturated heterocycles. The van der Waals surface area contributed by atoms with Gasteiger partial charge in [-0.25, -0.2) is 4.98 Å². The maximum absolute atomic E-state index is 12.8. The van der Waals surface area contributed by atoms with Crippen molar-refractivity contribution in [3.05, 3.63) is 54.1 Å². The molecule has 2 aliphatic rings. The molecule has 2 fully saturated rings. The molecular weight excluding hydrogens is 312 g/mol. The van der Waals surface area contributed by atoms with Crippen LogP contribution in [0.4, 0.5) is 0 Å². The highest BCUT2D eigenvalue weighted by atomic mass is 16.2. The molecule has 0 aliphatic carbocycles. The van der Waals surface area contributed by atoms with Gasteiger partial charge < -0.3 is 10.3 Å². The first-order chi connectivity index (χ1) is 12.3. The zero-order valence-electron chi connectivity index (χ0n) is 14.5. The number of benzene rings is 1. The van der Waals surface area contributed by atoms with Crippen LogP contribution in [-0.4, -0.2) is 39.9 Å². The van der Waals surface area contributed by atoms with Crippen LogP contribution < -0.4 is 5.32 Å². The second-order valence-corrected chi connectivity index (χ2v) is 7.15. The molecule has 2 N–H and O–H groups in total. The maximum Gasteiger partial charge on any atom is 0.224 e. The van der Waals surface area contributed by atoms with E-state index in [1.54, 1.807) is 6.20 Å². The van der Waals surface area contributed by atoms with Gasteiger partial charge in [-0.15, -0.1) is 0 Å². The molecule has 5 heteroatoms. The van der Waals surface area contributed by atoms with E-state index in [9.17, 15) is 4.79 Å². The van der Waals surface area contributed by atoms with Crippen LogP contribution in [0.25, 0.3) is 0 Å². The van der Waals surface area contributed by atoms with E-state index >= 15 is 0 Å². The van der Waals surface area contributed by atoms with Gasteiger partial charge in [-0.1, -0.05) is 30.3 Å². The number of aryl methyl sites for hydroxylation is 1. The average molecular weight is 338 g/mol. The molecule has 1 amide bonds. The van der Waals surface area contributed by atoms with Gasteiger partial charge in [0.25, 0.3) is 0 Å². The second-order valence-electron chi connectivity index (χ2n) is 7.15. The van der Waals surface area contributed by atoms with Crippen molar-refractivity contribution in [2.75, 3.05) is 13.1 Å². The maximum atomic E-state index is 12.8. The minimum absolute atomic E-state index is 0.122. The van der Waals surface area contributed by atoms with Gasteiger partial charge in [0.2, 0.25) is 5.91 Å². The fourth-order valence-corrected chi connectivity index (χ4v) is 4.48. The van der Waals surface area contributed by atoms with Crippen molar-refractivity contribution in [2.24, 2.45) is 5.92 Å². The molecule has 5 nitrogen and oxygen atoms in total. The van der Waals surface area contributed by atoms with Gasteiger partial charge in [-0.2, -0.15) is 0 Å². The van der Waals surface area contributed by atoms with Crippen LogP contribution in [0.2, 0.25) is 0 Å². The number of hydrogen-bond acceptors (Lipinski definition) is 3. The number of fused-ring (bicyclic) bond motifs is 1. The Morgan fingerprint density at radius 2 is 2.20 bits per heavy atom. The number of aromatic nitrogens is 2. The Bertz CT molecular complexity index is 685. The summed E-state index contributed by atoms with van der Waals surface area (Å²) in [5.74, 6) is 1.34. The Balaban J connectivity index is 1.34. The van der Waals surface area contributed by atoms with E-state index in [1.165, 1.54) is 12.0 Å². The normalized spacial score (nSPS) is 25.8. The smallest absolute Gasteiger partial charge is 0.224 e. The highest BCUT2D eigenvalue weighted by molar-refractivity contribution is 5.80. The minimum atomic E-state index is 0.122. The zero-order valence-corrected chi connectivity index (χ0v) is 14.5. The summed E-state index contributed by atoms with van der Waals surface area (Å²) >= 11 is 0. The molecule has 132 valence electrons. The van der Waals surface area contributed by atoms with Crippen LogP contribution in [0, 0.1) is 5.92 Å². The molecule has 0 unspecified atom stereocenters. The van der Waals surface area contributed by atoms with E-state index in [-0.39, 0.29) is 11.8 Å². The topological polar surface area (TPSA) is 61.0 Å². The predicted molar refractivity (Wildman–Crippen MR) is 96.9 cm³/mol. The Morgan fingerprint density at radius 1 is 1.32 bits per heavy atom. The van der Waals surface area contributed by atoms with E-state index < -0.39 is 0 Å². The molecule has 1 aromatic carbocycles. The number of H-pyrrole nitrogens is 1. The number of aromatic amines is 1. The summed E-state index contributed by atoms with van der Waals surface area (Å²) in [6, 6.07) is 11.5. The lowest BCUT2D eigenvalue weighted by Crippen LogP contribution is -2.38. The summed E-state index contributed by atoms with van der Waals surface area (Å²) in [6.07, 6.45) is 8.70. The number of nitrogens with one attached hydrogen (secondary N) is 2. The zero-order chi connectivity index (χ0) is 17.1. The Kier molecular flexibility index (Phi) is 4.83. The van der Waals surface area contributed by atoms with Gasteiger partial charge in [0.05, 0.1) is 5.92 Å². The molecule has 0 bridgehead atoms. The van der Waals surface area contributed by atoms with Gasteiger partial charge in [0.1, 0.15) is 5.82 Å². The summed E-state index contributed by atoms with van der Waals surface area (Å²) in [7, 11) is 0. The van der Waals surface area contributed by atoms with Crippen LogP contribution in [0.5, 0.6) is 0 Å². The quantitative estimate of drug-likeness (QED) is 0.796. The van der Waals surface area contributed by atoms with Gasteiger partial charge in [-0.3, -0.25) is 9.69 Å². The SMILES string of the molecule is O=C(NCCCc1ncc[nH]1)[C@@H]1C[C@H](c2ccccc2)N2CCC[C@@H]12. The monoisotopic (exact) mass is 338 g/mol. The molecule has 4 rings (SSSR count). The molecule has 0 saturated carbocycles. The molecule has 2 aliphatic heterocycles. The second kappa shape index (κ2) is 7.40. The predicted octanol–water partition coefficient (Wildman–Crippen LogP) is 2.68. The molecule has 0 radical (unpaired) electrons. The molecule has 0 spiro atoms. The molecule has 1 aromatic heterocycles. The highest BCUT2D eigenvalue weighted by Crippen LogP contribution is 2.44. The van der Waals surface area contributed by atoms with Gasteiger partial charge in [-0.05, 0) is 37.8 Å². The number of amides is 1. The highest BCUT2D eigenvalue weighted by Gasteiger charge is 2.46. The van der Waals surface area contributed by atoms with Crippen LogP contribution in [0.15, 0.2) is 42.7 Å². The Hall–Kier alpha value is -2.14. The van der Waals surface area contributed by atoms with E-state index in [1.807, 2.05) is 6.20 Å². The lowest BCUT2D eigenvalue weighted by molar-refractivity contribution is -0.125. The van der Waals surface area contributed by atoms with Gasteiger partial charge in [0, 0.05) is 37.4 Å². The number of rotatable bonds is 6. The first-order valence-corrected chi connectivity index (χ1v) is 9.39. The number of nitrogens with zero attached hydrogens (tertiary/aromatic N) is 2. The number of carbonyl (C=O) groups is 1. The van der Waals surface area contributed by atoms with Crippen LogP contribution in [0.1, 0.15) is 43.1 Å². The van der Waals surface area contributed by atoms with Crippen molar-refractivity contribution >= 4 is 5.91 Å². The van der Waals surface area contributed by atoms with Crippen molar-refractivity contribution in [3.8, 4) is 0 Å². The summed E-state index contributed by atoms with van der Waals surface area (Å²) in [5, 5.41) is 3.16. The fourth-order valence-electron chi connectivity index (χ4n) is 4.48. The summed E-state index contributed by atoms with van der Waals surface area (Å²) in [5.41, 5.74) is 1.35. The number of hydrogen-bond donors (Lipinski definition) is 2. The van der Waals surface area contributed by atoms with Crippen molar-refractivity contribution < 1.29 is 4.79 Å². The number of imidazole rings is 1.